The van der Waals surface area contributed by atoms with Crippen LogP contribution in [0.15, 0.2) is 33.5 Å². The summed E-state index contributed by atoms with van der Waals surface area (Å²) in [6.45, 7) is 1.34. The van der Waals surface area contributed by atoms with Gasteiger partial charge < -0.3 is 9.73 Å². The molecule has 2 N–H and O–H groups in total. The van der Waals surface area contributed by atoms with E-state index in [1.807, 2.05) is 0 Å². The molecule has 1 aromatic carbocycles. The largest absolute Gasteiger partial charge is 0.434 e. The number of hydrogen-bond acceptors (Lipinski definition) is 5. The Labute approximate surface area is 149 Å². The predicted octanol–water partition coefficient (Wildman–Crippen LogP) is 1.70. The molecule has 1 saturated carbocycles. The van der Waals surface area contributed by atoms with Gasteiger partial charge >= 0.3 is 5.76 Å². The summed E-state index contributed by atoms with van der Waals surface area (Å²) in [5.41, 5.74) is 0.786. The molecule has 7 nitrogen and oxygen atoms in total. The lowest BCUT2D eigenvalue weighted by molar-refractivity contribution is -0.127. The molecule has 1 aliphatic heterocycles. The molecule has 1 saturated heterocycles. The number of benzene rings is 1. The summed E-state index contributed by atoms with van der Waals surface area (Å²) in [4.78, 5) is 26.1. The highest BCUT2D eigenvalue weighted by Gasteiger charge is 2.35. The highest BCUT2D eigenvalue weighted by Crippen LogP contribution is 2.32. The summed E-state index contributed by atoms with van der Waals surface area (Å²) in [6, 6.07) is 5.94. The van der Waals surface area contributed by atoms with Crippen molar-refractivity contribution >= 4 is 5.91 Å². The SMILES string of the molecule is O=C(NC1CC1)[C@@H](c1ccc(F)cc1)N1CCC(c2n[nH]c(=O)o2)CC1. The zero-order valence-corrected chi connectivity index (χ0v) is 14.3. The minimum Gasteiger partial charge on any atom is -0.392 e. The molecule has 1 atom stereocenters. The predicted molar refractivity (Wildman–Crippen MR) is 91.0 cm³/mol. The van der Waals surface area contributed by atoms with Gasteiger partial charge in [-0.3, -0.25) is 9.69 Å². The standard InChI is InChI=1S/C18H21FN4O3/c19-13-3-1-11(2-4-13)15(16(24)20-14-5-6-14)23-9-7-12(8-10-23)17-21-22-18(25)26-17/h1-4,12,14-15H,5-10H2,(H,20,24)(H,22,25)/t15-/m1/s1. The van der Waals surface area contributed by atoms with E-state index in [0.29, 0.717) is 19.0 Å². The number of rotatable bonds is 5. The Balaban J connectivity index is 1.49. The van der Waals surface area contributed by atoms with Crippen molar-refractivity contribution in [3.63, 3.8) is 0 Å². The molecule has 4 rings (SSSR count). The number of nitrogens with zero attached hydrogens (tertiary/aromatic N) is 2. The fourth-order valence-corrected chi connectivity index (χ4v) is 3.50. The molecule has 0 radical (unpaired) electrons. The number of carbonyl (C=O) groups excluding carboxylic acids is 1. The van der Waals surface area contributed by atoms with Crippen LogP contribution in [0.5, 0.6) is 0 Å². The topological polar surface area (TPSA) is 91.2 Å². The Hall–Kier alpha value is -2.48. The number of likely N-dealkylation sites (tertiary alicyclic amines) is 1. The third-order valence-corrected chi connectivity index (χ3v) is 5.06. The Morgan fingerprint density at radius 2 is 1.92 bits per heavy atom. The first kappa shape index (κ1) is 17.0. The van der Waals surface area contributed by atoms with Crippen LogP contribution in [0.4, 0.5) is 4.39 Å². The second-order valence-electron chi connectivity index (χ2n) is 7.00. The van der Waals surface area contributed by atoms with Gasteiger partial charge in [0.1, 0.15) is 11.9 Å². The molecule has 2 aliphatic rings. The minimum absolute atomic E-state index is 0.0381. The van der Waals surface area contributed by atoms with Crippen LogP contribution in [0.2, 0.25) is 0 Å². The Morgan fingerprint density at radius 3 is 2.50 bits per heavy atom. The van der Waals surface area contributed by atoms with Crippen LogP contribution < -0.4 is 11.1 Å². The number of nitrogens with one attached hydrogen (secondary N) is 2. The summed E-state index contributed by atoms with van der Waals surface area (Å²) in [7, 11) is 0. The molecular weight excluding hydrogens is 339 g/mol. The molecule has 138 valence electrons. The number of aromatic nitrogens is 2. The summed E-state index contributed by atoms with van der Waals surface area (Å²) >= 11 is 0. The number of aromatic amines is 1. The van der Waals surface area contributed by atoms with Crippen LogP contribution in [-0.2, 0) is 4.79 Å². The molecule has 26 heavy (non-hydrogen) atoms. The highest BCUT2D eigenvalue weighted by molar-refractivity contribution is 5.83. The van der Waals surface area contributed by atoms with Crippen molar-refractivity contribution in [3.8, 4) is 0 Å². The van der Waals surface area contributed by atoms with Crippen molar-refractivity contribution in [1.29, 1.82) is 0 Å². The van der Waals surface area contributed by atoms with E-state index < -0.39 is 11.8 Å². The second kappa shape index (κ2) is 7.03. The Morgan fingerprint density at radius 1 is 1.23 bits per heavy atom. The first-order valence-corrected chi connectivity index (χ1v) is 8.95. The summed E-state index contributed by atoms with van der Waals surface area (Å²) in [5, 5.41) is 9.27. The van der Waals surface area contributed by atoms with E-state index in [2.05, 4.69) is 20.4 Å². The van der Waals surface area contributed by atoms with Gasteiger partial charge in [0, 0.05) is 12.0 Å². The average Bonchev–Trinajstić information content (AvgIpc) is 3.35. The third kappa shape index (κ3) is 3.70. The maximum absolute atomic E-state index is 13.3. The molecule has 0 bridgehead atoms. The molecule has 8 heteroatoms. The molecule has 2 heterocycles. The Kier molecular flexibility index (Phi) is 4.58. The van der Waals surface area contributed by atoms with E-state index in [1.165, 1.54) is 12.1 Å². The molecular formula is C18H21FN4O3. The van der Waals surface area contributed by atoms with Gasteiger partial charge in [-0.25, -0.2) is 14.3 Å². The molecule has 2 fully saturated rings. The molecule has 1 aromatic heterocycles. The van der Waals surface area contributed by atoms with E-state index in [9.17, 15) is 14.0 Å². The van der Waals surface area contributed by atoms with Crippen molar-refractivity contribution in [1.82, 2.24) is 20.4 Å². The monoisotopic (exact) mass is 360 g/mol. The van der Waals surface area contributed by atoms with Gasteiger partial charge in [0.05, 0.1) is 0 Å². The zero-order valence-electron chi connectivity index (χ0n) is 14.3. The number of carbonyl (C=O) groups is 1. The summed E-state index contributed by atoms with van der Waals surface area (Å²) in [5.74, 6) is -0.414. The van der Waals surface area contributed by atoms with Crippen LogP contribution in [0.1, 0.15) is 49.1 Å². The number of piperidine rings is 1. The summed E-state index contributed by atoms with van der Waals surface area (Å²) < 4.78 is 18.4. The van der Waals surface area contributed by atoms with E-state index in [-0.39, 0.29) is 23.7 Å². The van der Waals surface area contributed by atoms with Crippen molar-refractivity contribution in [3.05, 3.63) is 52.1 Å². The lowest BCUT2D eigenvalue weighted by atomic mass is 9.93. The maximum atomic E-state index is 13.3. The van der Waals surface area contributed by atoms with E-state index >= 15 is 0 Å². The molecule has 0 unspecified atom stereocenters. The quantitative estimate of drug-likeness (QED) is 0.847. The molecule has 1 aliphatic carbocycles. The fraction of sp³-hybridized carbons (Fsp3) is 0.500. The maximum Gasteiger partial charge on any atom is 0.434 e. The van der Waals surface area contributed by atoms with E-state index in [0.717, 1.165) is 31.2 Å². The first-order valence-electron chi connectivity index (χ1n) is 8.95. The zero-order chi connectivity index (χ0) is 18.1. The van der Waals surface area contributed by atoms with Crippen LogP contribution in [0.25, 0.3) is 0 Å². The van der Waals surface area contributed by atoms with Crippen LogP contribution in [-0.4, -0.2) is 40.1 Å². The van der Waals surface area contributed by atoms with E-state index in [4.69, 9.17) is 4.42 Å². The van der Waals surface area contributed by atoms with Gasteiger partial charge in [0.25, 0.3) is 0 Å². The first-order chi connectivity index (χ1) is 12.6. The molecule has 1 amide bonds. The second-order valence-corrected chi connectivity index (χ2v) is 7.00. The van der Waals surface area contributed by atoms with Crippen LogP contribution in [0, 0.1) is 5.82 Å². The third-order valence-electron chi connectivity index (χ3n) is 5.06. The van der Waals surface area contributed by atoms with Crippen molar-refractivity contribution in [2.45, 2.75) is 43.7 Å². The average molecular weight is 360 g/mol. The van der Waals surface area contributed by atoms with E-state index in [1.54, 1.807) is 12.1 Å². The minimum atomic E-state index is -0.546. The normalized spacial score (nSPS) is 20.0. The number of hydrogen-bond donors (Lipinski definition) is 2. The van der Waals surface area contributed by atoms with Gasteiger partial charge in [-0.1, -0.05) is 12.1 Å². The van der Waals surface area contributed by atoms with Gasteiger partial charge in [0.2, 0.25) is 11.8 Å². The smallest absolute Gasteiger partial charge is 0.392 e. The van der Waals surface area contributed by atoms with Gasteiger partial charge in [-0.2, -0.15) is 0 Å². The summed E-state index contributed by atoms with van der Waals surface area (Å²) in [6.07, 6.45) is 3.51. The van der Waals surface area contributed by atoms with Gasteiger partial charge in [0.15, 0.2) is 0 Å². The van der Waals surface area contributed by atoms with Crippen molar-refractivity contribution < 1.29 is 13.6 Å². The number of halogens is 1. The highest BCUT2D eigenvalue weighted by atomic mass is 19.1. The van der Waals surface area contributed by atoms with Crippen molar-refractivity contribution in [2.75, 3.05) is 13.1 Å². The van der Waals surface area contributed by atoms with Gasteiger partial charge in [-0.05, 0) is 56.5 Å². The Bertz CT molecular complexity index is 819. The van der Waals surface area contributed by atoms with Crippen molar-refractivity contribution in [2.24, 2.45) is 0 Å². The molecule has 2 aromatic rings. The lowest BCUT2D eigenvalue weighted by Gasteiger charge is -2.36. The van der Waals surface area contributed by atoms with Gasteiger partial charge in [-0.15, -0.1) is 5.10 Å². The lowest BCUT2D eigenvalue weighted by Crippen LogP contribution is -2.44. The number of H-pyrrole nitrogens is 1. The van der Waals surface area contributed by atoms with Crippen LogP contribution in [0.3, 0.4) is 0 Å². The fourth-order valence-electron chi connectivity index (χ4n) is 3.50. The van der Waals surface area contributed by atoms with Crippen LogP contribution >= 0.6 is 0 Å². The molecule has 0 spiro atoms. The number of amides is 1.